The van der Waals surface area contributed by atoms with Gasteiger partial charge in [-0.05, 0) is 26.2 Å². The van der Waals surface area contributed by atoms with E-state index in [4.69, 9.17) is 0 Å². The summed E-state index contributed by atoms with van der Waals surface area (Å²) >= 11 is 1.77. The van der Waals surface area contributed by atoms with E-state index in [0.29, 0.717) is 24.9 Å². The standard InChI is InChI=1S/C14H27N3OS/c1-5-17(6-2)13(18)7-9-15-14-16-12(11(3)4)8-10-19-14/h11-12H,5-10H2,1-4H3,(H,15,16). The zero-order valence-electron chi connectivity index (χ0n) is 12.6. The van der Waals surface area contributed by atoms with Gasteiger partial charge in [0.1, 0.15) is 0 Å². The van der Waals surface area contributed by atoms with Gasteiger partial charge in [-0.1, -0.05) is 25.6 Å². The van der Waals surface area contributed by atoms with Gasteiger partial charge in [-0.2, -0.15) is 0 Å². The van der Waals surface area contributed by atoms with Crippen molar-refractivity contribution >= 4 is 22.8 Å². The summed E-state index contributed by atoms with van der Waals surface area (Å²) in [5, 5.41) is 4.48. The van der Waals surface area contributed by atoms with Crippen molar-refractivity contribution in [1.29, 1.82) is 0 Å². The first kappa shape index (κ1) is 16.3. The van der Waals surface area contributed by atoms with Crippen molar-refractivity contribution in [2.24, 2.45) is 10.9 Å². The van der Waals surface area contributed by atoms with Crippen LogP contribution in [0.25, 0.3) is 0 Å². The molecule has 0 bridgehead atoms. The topological polar surface area (TPSA) is 44.7 Å². The highest BCUT2D eigenvalue weighted by Crippen LogP contribution is 2.18. The number of hydrogen-bond acceptors (Lipinski definition) is 3. The molecule has 0 aliphatic carbocycles. The third kappa shape index (κ3) is 5.43. The number of nitrogens with one attached hydrogen (secondary N) is 1. The third-order valence-electron chi connectivity index (χ3n) is 3.48. The molecule has 0 saturated carbocycles. The van der Waals surface area contributed by atoms with E-state index in [9.17, 15) is 4.79 Å². The van der Waals surface area contributed by atoms with E-state index in [0.717, 1.165) is 24.0 Å². The van der Waals surface area contributed by atoms with Crippen LogP contribution in [-0.4, -0.2) is 47.4 Å². The summed E-state index contributed by atoms with van der Waals surface area (Å²) < 4.78 is 0. The number of aliphatic imine (C=N–C) groups is 1. The van der Waals surface area contributed by atoms with Crippen molar-refractivity contribution in [2.75, 3.05) is 25.4 Å². The number of carbonyl (C=O) groups is 1. The van der Waals surface area contributed by atoms with Crippen molar-refractivity contribution < 1.29 is 4.79 Å². The van der Waals surface area contributed by atoms with Crippen LogP contribution in [0.1, 0.15) is 40.5 Å². The van der Waals surface area contributed by atoms with Gasteiger partial charge in [-0.15, -0.1) is 0 Å². The summed E-state index contributed by atoms with van der Waals surface area (Å²) in [6, 6.07) is 0.526. The molecular weight excluding hydrogens is 258 g/mol. The lowest BCUT2D eigenvalue weighted by Crippen LogP contribution is -2.41. The maximum Gasteiger partial charge on any atom is 0.224 e. The number of rotatable bonds is 6. The molecule has 1 heterocycles. The Bertz CT molecular complexity index is 314. The Morgan fingerprint density at radius 2 is 2.16 bits per heavy atom. The number of carbonyl (C=O) groups excluding carboxylic acids is 1. The molecule has 0 radical (unpaired) electrons. The van der Waals surface area contributed by atoms with Crippen LogP contribution in [0.5, 0.6) is 0 Å². The van der Waals surface area contributed by atoms with Gasteiger partial charge in [0.2, 0.25) is 5.91 Å². The minimum Gasteiger partial charge on any atom is -0.362 e. The Morgan fingerprint density at radius 3 is 2.74 bits per heavy atom. The average molecular weight is 285 g/mol. The Morgan fingerprint density at radius 1 is 1.47 bits per heavy atom. The summed E-state index contributed by atoms with van der Waals surface area (Å²) in [4.78, 5) is 18.2. The smallest absolute Gasteiger partial charge is 0.224 e. The highest BCUT2D eigenvalue weighted by atomic mass is 32.2. The molecule has 1 aliphatic rings. The maximum absolute atomic E-state index is 11.8. The molecule has 110 valence electrons. The molecule has 19 heavy (non-hydrogen) atoms. The Labute approximate surface area is 121 Å². The Hall–Kier alpha value is -0.710. The molecule has 1 amide bonds. The molecular formula is C14H27N3OS. The van der Waals surface area contributed by atoms with Crippen LogP contribution >= 0.6 is 11.8 Å². The Balaban J connectivity index is 2.38. The second-order valence-corrected chi connectivity index (χ2v) is 6.22. The van der Waals surface area contributed by atoms with Crippen LogP contribution in [-0.2, 0) is 4.79 Å². The fourth-order valence-corrected chi connectivity index (χ4v) is 3.12. The van der Waals surface area contributed by atoms with E-state index in [1.54, 1.807) is 11.8 Å². The molecule has 1 N–H and O–H groups in total. The third-order valence-corrected chi connectivity index (χ3v) is 4.44. The zero-order valence-corrected chi connectivity index (χ0v) is 13.4. The predicted octanol–water partition coefficient (Wildman–Crippen LogP) is 2.35. The zero-order chi connectivity index (χ0) is 14.3. The van der Waals surface area contributed by atoms with E-state index in [-0.39, 0.29) is 5.91 Å². The van der Waals surface area contributed by atoms with Crippen molar-refractivity contribution in [2.45, 2.75) is 46.6 Å². The van der Waals surface area contributed by atoms with Crippen LogP contribution < -0.4 is 5.32 Å². The van der Waals surface area contributed by atoms with Crippen molar-refractivity contribution in [1.82, 2.24) is 10.2 Å². The largest absolute Gasteiger partial charge is 0.362 e. The molecule has 0 aromatic carbocycles. The SMILES string of the molecule is CCN(CC)C(=O)CCN=C1NC(C(C)C)CCS1. The first-order valence-corrected chi connectivity index (χ1v) is 8.28. The number of nitrogens with zero attached hydrogens (tertiary/aromatic N) is 2. The first-order valence-electron chi connectivity index (χ1n) is 7.30. The van der Waals surface area contributed by atoms with Gasteiger partial charge >= 0.3 is 0 Å². The number of hydrogen-bond donors (Lipinski definition) is 1. The summed E-state index contributed by atoms with van der Waals surface area (Å²) in [6.45, 7) is 10.7. The molecule has 1 aliphatic heterocycles. The molecule has 4 nitrogen and oxygen atoms in total. The van der Waals surface area contributed by atoms with E-state index in [1.165, 1.54) is 6.42 Å². The van der Waals surface area contributed by atoms with Gasteiger partial charge in [-0.3, -0.25) is 9.79 Å². The fourth-order valence-electron chi connectivity index (χ4n) is 2.13. The normalized spacial score (nSPS) is 21.5. The maximum atomic E-state index is 11.8. The van der Waals surface area contributed by atoms with Crippen LogP contribution in [0.2, 0.25) is 0 Å². The van der Waals surface area contributed by atoms with Crippen LogP contribution in [0.3, 0.4) is 0 Å². The van der Waals surface area contributed by atoms with Gasteiger partial charge < -0.3 is 10.2 Å². The molecule has 0 spiro atoms. The quantitative estimate of drug-likeness (QED) is 0.815. The van der Waals surface area contributed by atoms with Gasteiger partial charge in [0.15, 0.2) is 5.17 Å². The molecule has 1 rings (SSSR count). The van der Waals surface area contributed by atoms with E-state index in [2.05, 4.69) is 24.2 Å². The summed E-state index contributed by atoms with van der Waals surface area (Å²) in [5.74, 6) is 1.96. The van der Waals surface area contributed by atoms with Gasteiger partial charge in [0.05, 0.1) is 6.54 Å². The highest BCUT2D eigenvalue weighted by molar-refractivity contribution is 8.13. The van der Waals surface area contributed by atoms with E-state index >= 15 is 0 Å². The average Bonchev–Trinajstić information content (AvgIpc) is 2.40. The second-order valence-electron chi connectivity index (χ2n) is 5.13. The van der Waals surface area contributed by atoms with Crippen LogP contribution in [0, 0.1) is 5.92 Å². The molecule has 1 saturated heterocycles. The van der Waals surface area contributed by atoms with Gasteiger partial charge in [-0.25, -0.2) is 0 Å². The van der Waals surface area contributed by atoms with Crippen molar-refractivity contribution in [3.8, 4) is 0 Å². The van der Waals surface area contributed by atoms with Crippen molar-refractivity contribution in [3.63, 3.8) is 0 Å². The van der Waals surface area contributed by atoms with Gasteiger partial charge in [0, 0.05) is 31.3 Å². The monoisotopic (exact) mass is 285 g/mol. The second kappa shape index (κ2) is 8.46. The fraction of sp³-hybridized carbons (Fsp3) is 0.857. The molecule has 1 unspecified atom stereocenters. The number of amides is 1. The number of thioether (sulfide) groups is 1. The number of amidine groups is 1. The molecule has 0 aromatic heterocycles. The summed E-state index contributed by atoms with van der Waals surface area (Å²) in [7, 11) is 0. The lowest BCUT2D eigenvalue weighted by molar-refractivity contribution is -0.130. The molecule has 1 fully saturated rings. The minimum atomic E-state index is 0.204. The predicted molar refractivity (Wildman–Crippen MR) is 83.7 cm³/mol. The molecule has 5 heteroatoms. The molecule has 0 aromatic rings. The minimum absolute atomic E-state index is 0.204. The summed E-state index contributed by atoms with van der Waals surface area (Å²) in [5.41, 5.74) is 0. The highest BCUT2D eigenvalue weighted by Gasteiger charge is 2.20. The molecule has 1 atom stereocenters. The summed E-state index contributed by atoms with van der Waals surface area (Å²) in [6.07, 6.45) is 1.71. The lowest BCUT2D eigenvalue weighted by atomic mass is 10.0. The van der Waals surface area contributed by atoms with Crippen LogP contribution in [0.4, 0.5) is 0 Å². The van der Waals surface area contributed by atoms with Crippen LogP contribution in [0.15, 0.2) is 4.99 Å². The van der Waals surface area contributed by atoms with Crippen molar-refractivity contribution in [3.05, 3.63) is 0 Å². The Kier molecular flexibility index (Phi) is 7.28. The van der Waals surface area contributed by atoms with E-state index in [1.807, 2.05) is 18.7 Å². The first-order chi connectivity index (χ1) is 9.08. The lowest BCUT2D eigenvalue weighted by Gasteiger charge is -2.28. The van der Waals surface area contributed by atoms with Gasteiger partial charge in [0.25, 0.3) is 0 Å². The van der Waals surface area contributed by atoms with E-state index < -0.39 is 0 Å².